The van der Waals surface area contributed by atoms with Crippen LogP contribution in [0, 0.1) is 0 Å². The molecule has 0 aromatic carbocycles. The van der Waals surface area contributed by atoms with Crippen LogP contribution in [0.5, 0.6) is 0 Å². The molecule has 0 spiro atoms. The fourth-order valence-corrected chi connectivity index (χ4v) is 3.85. The lowest BCUT2D eigenvalue weighted by atomic mass is 9.98. The fraction of sp³-hybridized carbons (Fsp3) is 0.867. The number of fused-ring (bicyclic) bond motifs is 2. The van der Waals surface area contributed by atoms with Gasteiger partial charge >= 0.3 is 6.03 Å². The summed E-state index contributed by atoms with van der Waals surface area (Å²) in [7, 11) is 2.11. The Hall–Kier alpha value is -0.850. The Morgan fingerprint density at radius 2 is 1.82 bits per heavy atom. The number of nitrogens with zero attached hydrogens (tertiary/aromatic N) is 2. The quantitative estimate of drug-likeness (QED) is 0.753. The van der Waals surface area contributed by atoms with Crippen LogP contribution in [-0.2, 0) is 4.79 Å². The predicted octanol–water partition coefficient (Wildman–Crippen LogP) is 0.953. The summed E-state index contributed by atoms with van der Waals surface area (Å²) in [6, 6.07) is 1.63. The molecule has 3 amide bonds. The van der Waals surface area contributed by atoms with Gasteiger partial charge in [0.15, 0.2) is 0 Å². The lowest BCUT2D eigenvalue weighted by Gasteiger charge is -2.36. The number of halogens is 1. The highest BCUT2D eigenvalue weighted by Crippen LogP contribution is 2.29. The number of imide groups is 1. The summed E-state index contributed by atoms with van der Waals surface area (Å²) in [4.78, 5) is 27.7. The molecule has 3 fully saturated rings. The van der Waals surface area contributed by atoms with Gasteiger partial charge < -0.3 is 15.5 Å². The second-order valence-corrected chi connectivity index (χ2v) is 7.26. The number of amides is 3. The Bertz CT molecular complexity index is 445. The van der Waals surface area contributed by atoms with E-state index in [4.69, 9.17) is 0 Å². The van der Waals surface area contributed by atoms with Gasteiger partial charge in [0.05, 0.1) is 0 Å². The van der Waals surface area contributed by atoms with Gasteiger partial charge in [-0.1, -0.05) is 0 Å². The first-order chi connectivity index (χ1) is 9.87. The molecule has 3 saturated heterocycles. The minimum absolute atomic E-state index is 0. The number of likely N-dealkylation sites (N-methyl/N-ethyl adjacent to an activating group) is 1. The Morgan fingerprint density at radius 1 is 1.23 bits per heavy atom. The van der Waals surface area contributed by atoms with Crippen LogP contribution < -0.4 is 10.6 Å². The normalized spacial score (nSPS) is 33.1. The first kappa shape index (κ1) is 17.5. The maximum absolute atomic E-state index is 12.2. The van der Waals surface area contributed by atoms with E-state index in [0.29, 0.717) is 24.7 Å². The number of carbonyl (C=O) groups is 2. The summed E-state index contributed by atoms with van der Waals surface area (Å²) in [5.41, 5.74) is -0.760. The Morgan fingerprint density at radius 3 is 2.32 bits per heavy atom. The van der Waals surface area contributed by atoms with Gasteiger partial charge in [-0.2, -0.15) is 0 Å². The zero-order valence-corrected chi connectivity index (χ0v) is 14.4. The van der Waals surface area contributed by atoms with Crippen molar-refractivity contribution in [2.24, 2.45) is 0 Å². The molecule has 3 rings (SSSR count). The molecule has 2 atom stereocenters. The number of rotatable bonds is 4. The van der Waals surface area contributed by atoms with Crippen molar-refractivity contribution in [1.29, 1.82) is 0 Å². The van der Waals surface area contributed by atoms with Crippen molar-refractivity contribution in [2.75, 3.05) is 20.1 Å². The third kappa shape index (κ3) is 3.24. The lowest BCUT2D eigenvalue weighted by molar-refractivity contribution is -0.130. The van der Waals surface area contributed by atoms with Crippen LogP contribution in [0.3, 0.4) is 0 Å². The summed E-state index contributed by atoms with van der Waals surface area (Å²) < 4.78 is 0. The zero-order valence-electron chi connectivity index (χ0n) is 13.6. The van der Waals surface area contributed by atoms with E-state index in [1.807, 2.05) is 0 Å². The van der Waals surface area contributed by atoms with Crippen molar-refractivity contribution in [3.8, 4) is 0 Å². The number of carbonyl (C=O) groups excluding carboxylic acids is 2. The average Bonchev–Trinajstić information content (AvgIpc) is 2.85. The van der Waals surface area contributed by atoms with Crippen molar-refractivity contribution >= 4 is 24.3 Å². The van der Waals surface area contributed by atoms with Gasteiger partial charge in [0, 0.05) is 31.2 Å². The highest BCUT2D eigenvalue weighted by atomic mass is 35.5. The van der Waals surface area contributed by atoms with Crippen molar-refractivity contribution in [2.45, 2.75) is 63.2 Å². The zero-order chi connectivity index (χ0) is 15.2. The first-order valence-electron chi connectivity index (χ1n) is 7.97. The lowest BCUT2D eigenvalue weighted by Crippen LogP contribution is -2.49. The van der Waals surface area contributed by atoms with Crippen molar-refractivity contribution < 1.29 is 9.59 Å². The molecular formula is C15H27ClN4O2. The van der Waals surface area contributed by atoms with E-state index in [2.05, 4.69) is 22.6 Å². The smallest absolute Gasteiger partial charge is 0.324 e. The maximum atomic E-state index is 12.2. The second-order valence-electron chi connectivity index (χ2n) is 7.26. The van der Waals surface area contributed by atoms with Crippen LogP contribution in [0.15, 0.2) is 0 Å². The predicted molar refractivity (Wildman–Crippen MR) is 87.2 cm³/mol. The molecule has 0 aromatic rings. The fourth-order valence-electron chi connectivity index (χ4n) is 3.85. The minimum Gasteiger partial charge on any atom is -0.324 e. The first-order valence-corrected chi connectivity index (χ1v) is 7.97. The Balaban J connectivity index is 0.00000176. The van der Waals surface area contributed by atoms with Crippen LogP contribution in [0.25, 0.3) is 0 Å². The molecular weight excluding hydrogens is 304 g/mol. The molecule has 3 heterocycles. The highest BCUT2D eigenvalue weighted by molar-refractivity contribution is 6.06. The van der Waals surface area contributed by atoms with Gasteiger partial charge in [0.1, 0.15) is 5.54 Å². The van der Waals surface area contributed by atoms with Crippen LogP contribution in [0.4, 0.5) is 4.79 Å². The Kier molecular flexibility index (Phi) is 5.04. The van der Waals surface area contributed by atoms with Gasteiger partial charge in [-0.05, 0) is 46.6 Å². The summed E-state index contributed by atoms with van der Waals surface area (Å²) in [5, 5.41) is 6.37. The third-order valence-corrected chi connectivity index (χ3v) is 5.19. The van der Waals surface area contributed by atoms with Crippen LogP contribution in [0.2, 0.25) is 0 Å². The number of nitrogens with one attached hydrogen (secondary N) is 2. The summed E-state index contributed by atoms with van der Waals surface area (Å²) in [6.45, 7) is 4.73. The van der Waals surface area contributed by atoms with Gasteiger partial charge in [-0.15, -0.1) is 12.4 Å². The number of piperidine rings is 1. The summed E-state index contributed by atoms with van der Waals surface area (Å²) in [6.07, 6.45) is 4.93. The van der Waals surface area contributed by atoms with Crippen LogP contribution >= 0.6 is 12.4 Å². The topological polar surface area (TPSA) is 64.7 Å². The van der Waals surface area contributed by atoms with Crippen molar-refractivity contribution in [3.63, 3.8) is 0 Å². The van der Waals surface area contributed by atoms with E-state index >= 15 is 0 Å². The molecule has 0 radical (unpaired) electrons. The molecule has 7 heteroatoms. The number of hydrogen-bond acceptors (Lipinski definition) is 4. The molecule has 126 valence electrons. The van der Waals surface area contributed by atoms with E-state index in [-0.39, 0.29) is 24.3 Å². The van der Waals surface area contributed by atoms with E-state index in [1.54, 1.807) is 13.8 Å². The molecule has 0 aromatic heterocycles. The maximum Gasteiger partial charge on any atom is 0.325 e. The van der Waals surface area contributed by atoms with Crippen LogP contribution in [0.1, 0.15) is 39.5 Å². The SMILES string of the molecule is CN(CCN1C(=O)NC(C)(C)C1=O)C1CC2CCC(C1)N2.Cl. The molecule has 2 unspecified atom stereocenters. The number of hydrogen-bond donors (Lipinski definition) is 2. The molecule has 2 N–H and O–H groups in total. The molecule has 0 saturated carbocycles. The third-order valence-electron chi connectivity index (χ3n) is 5.19. The van der Waals surface area contributed by atoms with E-state index in [9.17, 15) is 9.59 Å². The van der Waals surface area contributed by atoms with Crippen LogP contribution in [-0.4, -0.2) is 65.5 Å². The molecule has 3 aliphatic heterocycles. The van der Waals surface area contributed by atoms with E-state index in [1.165, 1.54) is 30.6 Å². The van der Waals surface area contributed by atoms with Crippen molar-refractivity contribution in [3.05, 3.63) is 0 Å². The largest absolute Gasteiger partial charge is 0.325 e. The molecule has 2 bridgehead atoms. The van der Waals surface area contributed by atoms with Gasteiger partial charge in [0.2, 0.25) is 0 Å². The summed E-state index contributed by atoms with van der Waals surface area (Å²) >= 11 is 0. The average molecular weight is 331 g/mol. The number of urea groups is 1. The van der Waals surface area contributed by atoms with Gasteiger partial charge in [-0.25, -0.2) is 4.79 Å². The second kappa shape index (κ2) is 6.34. The molecule has 22 heavy (non-hydrogen) atoms. The molecule has 0 aliphatic carbocycles. The van der Waals surface area contributed by atoms with E-state index in [0.717, 1.165) is 6.54 Å². The Labute approximate surface area is 138 Å². The highest BCUT2D eigenvalue weighted by Gasteiger charge is 2.44. The van der Waals surface area contributed by atoms with Crippen molar-refractivity contribution in [1.82, 2.24) is 20.4 Å². The molecule has 6 nitrogen and oxygen atoms in total. The summed E-state index contributed by atoms with van der Waals surface area (Å²) in [5.74, 6) is -0.119. The van der Waals surface area contributed by atoms with E-state index < -0.39 is 5.54 Å². The van der Waals surface area contributed by atoms with Gasteiger partial charge in [0.25, 0.3) is 5.91 Å². The van der Waals surface area contributed by atoms with Gasteiger partial charge in [-0.3, -0.25) is 9.69 Å². The monoisotopic (exact) mass is 330 g/mol. The minimum atomic E-state index is -0.760. The standard InChI is InChI=1S/C15H26N4O2.ClH/c1-15(2)13(20)19(14(21)17-15)7-6-18(3)12-8-10-4-5-11(9-12)16-10;/h10-12,16H,4-9H2,1-3H3,(H,17,21);1H. The molecule has 3 aliphatic rings.